The van der Waals surface area contributed by atoms with Crippen molar-refractivity contribution in [2.24, 2.45) is 0 Å². The van der Waals surface area contributed by atoms with Gasteiger partial charge in [-0.2, -0.15) is 0 Å². The summed E-state index contributed by atoms with van der Waals surface area (Å²) >= 11 is 0. The first kappa shape index (κ1) is 19.5. The summed E-state index contributed by atoms with van der Waals surface area (Å²) in [6.45, 7) is 6.32. The summed E-state index contributed by atoms with van der Waals surface area (Å²) < 4.78 is 5.57. The largest absolute Gasteiger partial charge is 0.383 e. The molecule has 0 spiro atoms. The monoisotopic (exact) mass is 399 g/mol. The number of hydrogen-bond donors (Lipinski definition) is 1. The van der Waals surface area contributed by atoms with Gasteiger partial charge in [0.25, 0.3) is 0 Å². The summed E-state index contributed by atoms with van der Waals surface area (Å²) in [5.41, 5.74) is -0.235. The average molecular weight is 400 g/mol. The third-order valence-corrected chi connectivity index (χ3v) is 7.79. The minimum absolute atomic E-state index is 0.0980. The van der Waals surface area contributed by atoms with Crippen LogP contribution in [0.5, 0.6) is 0 Å². The van der Waals surface area contributed by atoms with Crippen molar-refractivity contribution in [1.82, 2.24) is 14.7 Å². The molecule has 4 aliphatic rings. The predicted molar refractivity (Wildman–Crippen MR) is 110 cm³/mol. The van der Waals surface area contributed by atoms with Crippen molar-refractivity contribution >= 4 is 5.91 Å². The van der Waals surface area contributed by atoms with Gasteiger partial charge in [-0.05, 0) is 50.8 Å². The number of amides is 1. The third-order valence-electron chi connectivity index (χ3n) is 7.79. The van der Waals surface area contributed by atoms with E-state index in [2.05, 4.69) is 14.7 Å². The second-order valence-corrected chi connectivity index (χ2v) is 9.18. The minimum Gasteiger partial charge on any atom is -0.383 e. The van der Waals surface area contributed by atoms with Crippen LogP contribution in [0, 0.1) is 0 Å². The van der Waals surface area contributed by atoms with Crippen molar-refractivity contribution in [1.29, 1.82) is 0 Å². The number of benzene rings is 1. The molecule has 0 saturated carbocycles. The summed E-state index contributed by atoms with van der Waals surface area (Å²) in [7, 11) is 0. The molecule has 0 bridgehead atoms. The van der Waals surface area contributed by atoms with E-state index in [1.807, 2.05) is 30.3 Å². The van der Waals surface area contributed by atoms with Crippen LogP contribution in [0.4, 0.5) is 0 Å². The molecule has 0 aliphatic carbocycles. The molecule has 1 N–H and O–H groups in total. The molecule has 1 aromatic carbocycles. The number of piperidine rings is 1. The Labute approximate surface area is 173 Å². The van der Waals surface area contributed by atoms with E-state index >= 15 is 0 Å². The molecule has 158 valence electrons. The maximum Gasteiger partial charge on any atom is 0.243 e. The van der Waals surface area contributed by atoms with E-state index in [-0.39, 0.29) is 11.6 Å². The lowest BCUT2D eigenvalue weighted by atomic mass is 9.78. The van der Waals surface area contributed by atoms with Crippen molar-refractivity contribution in [3.8, 4) is 0 Å². The maximum absolute atomic E-state index is 13.7. The van der Waals surface area contributed by atoms with Gasteiger partial charge in [-0.3, -0.25) is 14.6 Å². The van der Waals surface area contributed by atoms with Gasteiger partial charge in [0.1, 0.15) is 11.1 Å². The summed E-state index contributed by atoms with van der Waals surface area (Å²) in [6, 6.07) is 9.94. The average Bonchev–Trinajstić information content (AvgIpc) is 3.36. The van der Waals surface area contributed by atoms with Gasteiger partial charge in [0.2, 0.25) is 5.91 Å². The van der Waals surface area contributed by atoms with Crippen LogP contribution in [0.3, 0.4) is 0 Å². The zero-order valence-corrected chi connectivity index (χ0v) is 17.3. The number of rotatable bonds is 3. The molecule has 4 saturated heterocycles. The van der Waals surface area contributed by atoms with Crippen LogP contribution in [-0.4, -0.2) is 89.8 Å². The molecule has 0 aromatic heterocycles. The fourth-order valence-corrected chi connectivity index (χ4v) is 6.23. The van der Waals surface area contributed by atoms with Crippen molar-refractivity contribution in [2.45, 2.75) is 49.3 Å². The molecular weight excluding hydrogens is 366 g/mol. The fourth-order valence-electron chi connectivity index (χ4n) is 6.23. The Kier molecular flexibility index (Phi) is 5.14. The normalized spacial score (nSPS) is 33.0. The highest BCUT2D eigenvalue weighted by molar-refractivity contribution is 5.87. The molecule has 6 heteroatoms. The molecule has 0 unspecified atom stereocenters. The Hall–Kier alpha value is -1.47. The summed E-state index contributed by atoms with van der Waals surface area (Å²) in [5.74, 6) is 0.306. The van der Waals surface area contributed by atoms with Crippen molar-refractivity contribution in [2.75, 3.05) is 52.5 Å². The Morgan fingerprint density at radius 1 is 0.966 bits per heavy atom. The van der Waals surface area contributed by atoms with Crippen molar-refractivity contribution in [3.63, 3.8) is 0 Å². The smallest absolute Gasteiger partial charge is 0.243 e. The van der Waals surface area contributed by atoms with E-state index in [1.54, 1.807) is 0 Å². The number of morpholine rings is 1. The number of carbonyl (C=O) groups is 1. The van der Waals surface area contributed by atoms with Gasteiger partial charge < -0.3 is 14.7 Å². The Balaban J connectivity index is 1.43. The predicted octanol–water partition coefficient (Wildman–Crippen LogP) is 1.44. The molecular formula is C23H33N3O3. The fraction of sp³-hybridized carbons (Fsp3) is 0.696. The van der Waals surface area contributed by atoms with Gasteiger partial charge in [0.05, 0.1) is 19.3 Å². The summed E-state index contributed by atoms with van der Waals surface area (Å²) in [5, 5.41) is 11.9. The van der Waals surface area contributed by atoms with Crippen LogP contribution in [-0.2, 0) is 15.1 Å². The van der Waals surface area contributed by atoms with Gasteiger partial charge in [-0.1, -0.05) is 30.3 Å². The van der Waals surface area contributed by atoms with Gasteiger partial charge >= 0.3 is 0 Å². The number of aliphatic hydroxyl groups is 1. The van der Waals surface area contributed by atoms with Crippen LogP contribution in [0.15, 0.2) is 30.3 Å². The van der Waals surface area contributed by atoms with Crippen LogP contribution in [0.2, 0.25) is 0 Å². The number of carbonyl (C=O) groups excluding carboxylic acids is 1. The van der Waals surface area contributed by atoms with Crippen molar-refractivity contribution < 1.29 is 14.6 Å². The van der Waals surface area contributed by atoms with E-state index in [9.17, 15) is 9.90 Å². The molecule has 4 heterocycles. The van der Waals surface area contributed by atoms with E-state index in [0.717, 1.165) is 57.4 Å². The maximum atomic E-state index is 13.7. The number of nitrogens with zero attached hydrogens (tertiary/aromatic N) is 3. The zero-order valence-electron chi connectivity index (χ0n) is 17.3. The number of hydrogen-bond acceptors (Lipinski definition) is 5. The van der Waals surface area contributed by atoms with Crippen LogP contribution in [0.1, 0.15) is 37.7 Å². The van der Waals surface area contributed by atoms with Crippen molar-refractivity contribution in [3.05, 3.63) is 35.9 Å². The van der Waals surface area contributed by atoms with E-state index in [1.165, 1.54) is 0 Å². The molecule has 2 atom stereocenters. The number of fused-ring (bicyclic) bond motifs is 1. The summed E-state index contributed by atoms with van der Waals surface area (Å²) in [4.78, 5) is 20.6. The molecule has 6 nitrogen and oxygen atoms in total. The lowest BCUT2D eigenvalue weighted by Gasteiger charge is -2.51. The Morgan fingerprint density at radius 2 is 1.66 bits per heavy atom. The topological polar surface area (TPSA) is 56.3 Å². The van der Waals surface area contributed by atoms with Crippen LogP contribution in [0.25, 0.3) is 0 Å². The highest BCUT2D eigenvalue weighted by Gasteiger charge is 2.54. The highest BCUT2D eigenvalue weighted by Crippen LogP contribution is 2.42. The first-order valence-electron chi connectivity index (χ1n) is 11.3. The number of ether oxygens (including phenoxy) is 1. The Bertz CT molecular complexity index is 726. The minimum atomic E-state index is -0.932. The molecule has 4 aliphatic heterocycles. The first-order chi connectivity index (χ1) is 14.1. The second-order valence-electron chi connectivity index (χ2n) is 9.18. The van der Waals surface area contributed by atoms with Crippen LogP contribution < -0.4 is 0 Å². The van der Waals surface area contributed by atoms with Gasteiger partial charge in [0.15, 0.2) is 0 Å². The van der Waals surface area contributed by atoms with E-state index in [0.29, 0.717) is 38.6 Å². The third kappa shape index (κ3) is 3.21. The second kappa shape index (κ2) is 7.65. The van der Waals surface area contributed by atoms with Gasteiger partial charge in [0, 0.05) is 26.2 Å². The first-order valence-corrected chi connectivity index (χ1v) is 11.3. The molecule has 5 rings (SSSR count). The molecule has 0 radical (unpaired) electrons. The zero-order chi connectivity index (χ0) is 19.9. The molecule has 1 amide bonds. The SMILES string of the molecule is O=C(N1CC[C@](O)(c2ccccc2)[C@H](N2CCOCC2)C1)C12CCCN1CCC2. The van der Waals surface area contributed by atoms with E-state index in [4.69, 9.17) is 4.74 Å². The molecule has 1 aromatic rings. The standard InChI is InChI=1S/C23H33N3O3/c27-21(22-8-4-11-26(22)12-5-9-22)25-13-10-23(28,19-6-2-1-3-7-19)20(18-25)24-14-16-29-17-15-24/h1-3,6-7,20,28H,4-5,8-18H2/t20-,23+/m1/s1. The van der Waals surface area contributed by atoms with Gasteiger partial charge in [-0.15, -0.1) is 0 Å². The van der Waals surface area contributed by atoms with Crippen LogP contribution >= 0.6 is 0 Å². The van der Waals surface area contributed by atoms with Gasteiger partial charge in [-0.25, -0.2) is 0 Å². The lowest BCUT2D eigenvalue weighted by molar-refractivity contribution is -0.156. The summed E-state index contributed by atoms with van der Waals surface area (Å²) in [6.07, 6.45) is 4.82. The van der Waals surface area contributed by atoms with E-state index < -0.39 is 5.60 Å². The lowest BCUT2D eigenvalue weighted by Crippen LogP contribution is -2.65. The Morgan fingerprint density at radius 3 is 2.34 bits per heavy atom. The molecule has 29 heavy (non-hydrogen) atoms. The highest BCUT2D eigenvalue weighted by atomic mass is 16.5. The quantitative estimate of drug-likeness (QED) is 0.834. The molecule has 4 fully saturated rings. The number of likely N-dealkylation sites (tertiary alicyclic amines) is 1.